The summed E-state index contributed by atoms with van der Waals surface area (Å²) in [6.45, 7) is 6.37. The number of carbonyl (C=O) groups excluding carboxylic acids is 1. The van der Waals surface area contributed by atoms with E-state index in [0.29, 0.717) is 0 Å². The number of carbonyl (C=O) groups is 1. The Morgan fingerprint density at radius 3 is 2.57 bits per heavy atom. The molecule has 0 aromatic carbocycles. The molecular formula is C10H17FO3. The van der Waals surface area contributed by atoms with Crippen molar-refractivity contribution in [1.82, 2.24) is 0 Å². The zero-order chi connectivity index (χ0) is 10.9. The molecule has 0 aliphatic carbocycles. The number of halogens is 1. The standard InChI is InChI=1S/C10H17FO3/c1-5-8-6(2)10(4,11)9(14-8)13-7(3)12/h6,8-9H,5H2,1-4H3/t6-,8-,9?,10-/m1/s1. The van der Waals surface area contributed by atoms with Crippen molar-refractivity contribution in [2.45, 2.75) is 52.2 Å². The molecule has 1 saturated heterocycles. The fourth-order valence-corrected chi connectivity index (χ4v) is 1.73. The Morgan fingerprint density at radius 1 is 1.64 bits per heavy atom. The van der Waals surface area contributed by atoms with Gasteiger partial charge in [-0.3, -0.25) is 4.79 Å². The van der Waals surface area contributed by atoms with Crippen molar-refractivity contribution in [3.8, 4) is 0 Å². The molecule has 4 heteroatoms. The van der Waals surface area contributed by atoms with Gasteiger partial charge in [0.15, 0.2) is 5.67 Å². The minimum atomic E-state index is -1.59. The summed E-state index contributed by atoms with van der Waals surface area (Å²) in [5, 5.41) is 0. The summed E-state index contributed by atoms with van der Waals surface area (Å²) in [4.78, 5) is 10.7. The molecule has 0 bridgehead atoms. The van der Waals surface area contributed by atoms with Crippen molar-refractivity contribution < 1.29 is 18.7 Å². The molecule has 0 amide bonds. The molecule has 1 aliphatic rings. The second kappa shape index (κ2) is 3.85. The summed E-state index contributed by atoms with van der Waals surface area (Å²) < 4.78 is 24.2. The number of rotatable bonds is 2. The van der Waals surface area contributed by atoms with Crippen molar-refractivity contribution in [2.24, 2.45) is 5.92 Å². The van der Waals surface area contributed by atoms with E-state index in [4.69, 9.17) is 9.47 Å². The Kier molecular flexibility index (Phi) is 3.14. The Hall–Kier alpha value is -0.640. The van der Waals surface area contributed by atoms with Crippen LogP contribution in [0.15, 0.2) is 0 Å². The molecule has 0 aromatic heterocycles. The highest BCUT2D eigenvalue weighted by Crippen LogP contribution is 2.40. The minimum absolute atomic E-state index is 0.172. The monoisotopic (exact) mass is 204 g/mol. The van der Waals surface area contributed by atoms with E-state index in [9.17, 15) is 9.18 Å². The molecule has 4 atom stereocenters. The molecule has 82 valence electrons. The van der Waals surface area contributed by atoms with Crippen LogP contribution in [0.5, 0.6) is 0 Å². The lowest BCUT2D eigenvalue weighted by molar-refractivity contribution is -0.191. The van der Waals surface area contributed by atoms with Crippen LogP contribution in [0.1, 0.15) is 34.1 Å². The van der Waals surface area contributed by atoms with Gasteiger partial charge < -0.3 is 9.47 Å². The van der Waals surface area contributed by atoms with Crippen LogP contribution in [-0.2, 0) is 14.3 Å². The Morgan fingerprint density at radius 2 is 2.21 bits per heavy atom. The zero-order valence-electron chi connectivity index (χ0n) is 9.04. The number of esters is 1. The molecule has 14 heavy (non-hydrogen) atoms. The van der Waals surface area contributed by atoms with E-state index in [1.807, 2.05) is 6.92 Å². The normalized spacial score (nSPS) is 42.5. The van der Waals surface area contributed by atoms with Gasteiger partial charge in [-0.25, -0.2) is 4.39 Å². The molecule has 0 radical (unpaired) electrons. The average molecular weight is 204 g/mol. The smallest absolute Gasteiger partial charge is 0.305 e. The van der Waals surface area contributed by atoms with Crippen LogP contribution in [-0.4, -0.2) is 24.0 Å². The van der Waals surface area contributed by atoms with E-state index in [2.05, 4.69) is 0 Å². The van der Waals surface area contributed by atoms with Crippen molar-refractivity contribution in [3.63, 3.8) is 0 Å². The van der Waals surface area contributed by atoms with Crippen LogP contribution in [0.2, 0.25) is 0 Å². The van der Waals surface area contributed by atoms with E-state index in [0.717, 1.165) is 6.42 Å². The predicted molar refractivity (Wildman–Crippen MR) is 49.4 cm³/mol. The molecule has 1 aliphatic heterocycles. The number of ether oxygens (including phenoxy) is 2. The van der Waals surface area contributed by atoms with Gasteiger partial charge in [0.25, 0.3) is 0 Å². The maximum absolute atomic E-state index is 14.1. The lowest BCUT2D eigenvalue weighted by atomic mass is 9.89. The van der Waals surface area contributed by atoms with Gasteiger partial charge in [0, 0.05) is 12.8 Å². The summed E-state index contributed by atoms with van der Waals surface area (Å²) >= 11 is 0. The van der Waals surface area contributed by atoms with Crippen LogP contribution in [0, 0.1) is 5.92 Å². The molecule has 1 unspecified atom stereocenters. The largest absolute Gasteiger partial charge is 0.432 e. The fraction of sp³-hybridized carbons (Fsp3) is 0.900. The van der Waals surface area contributed by atoms with Crippen molar-refractivity contribution in [1.29, 1.82) is 0 Å². The molecule has 1 rings (SSSR count). The molecule has 1 fully saturated rings. The zero-order valence-corrected chi connectivity index (χ0v) is 9.04. The Labute approximate surface area is 83.6 Å². The second-order valence-corrected chi connectivity index (χ2v) is 3.96. The first kappa shape index (κ1) is 11.4. The SMILES string of the molecule is CC[C@H]1OC(OC(C)=O)[C@](C)(F)[C@@H]1C. The Bertz CT molecular complexity index is 227. The van der Waals surface area contributed by atoms with E-state index >= 15 is 0 Å². The summed E-state index contributed by atoms with van der Waals surface area (Å²) in [7, 11) is 0. The van der Waals surface area contributed by atoms with Crippen LogP contribution in [0.25, 0.3) is 0 Å². The van der Waals surface area contributed by atoms with Gasteiger partial charge in [-0.2, -0.15) is 0 Å². The predicted octanol–water partition coefficient (Wildman–Crippen LogP) is 2.05. The summed E-state index contributed by atoms with van der Waals surface area (Å²) in [6, 6.07) is 0. The first-order chi connectivity index (χ1) is 6.39. The fourth-order valence-electron chi connectivity index (χ4n) is 1.73. The summed E-state index contributed by atoms with van der Waals surface area (Å²) in [6.07, 6.45) is -0.507. The van der Waals surface area contributed by atoms with Crippen LogP contribution in [0.4, 0.5) is 4.39 Å². The third kappa shape index (κ3) is 1.90. The highest BCUT2D eigenvalue weighted by Gasteiger charge is 2.53. The first-order valence-corrected chi connectivity index (χ1v) is 4.91. The van der Waals surface area contributed by atoms with E-state index in [1.165, 1.54) is 13.8 Å². The van der Waals surface area contributed by atoms with Crippen molar-refractivity contribution in [3.05, 3.63) is 0 Å². The van der Waals surface area contributed by atoms with E-state index in [-0.39, 0.29) is 12.0 Å². The maximum Gasteiger partial charge on any atom is 0.305 e. The van der Waals surface area contributed by atoms with Crippen molar-refractivity contribution in [2.75, 3.05) is 0 Å². The van der Waals surface area contributed by atoms with Crippen molar-refractivity contribution >= 4 is 5.97 Å². The number of hydrogen-bond acceptors (Lipinski definition) is 3. The van der Waals surface area contributed by atoms with Crippen LogP contribution >= 0.6 is 0 Å². The average Bonchev–Trinajstić information content (AvgIpc) is 2.28. The molecule has 1 heterocycles. The van der Waals surface area contributed by atoms with E-state index in [1.54, 1.807) is 6.92 Å². The summed E-state index contributed by atoms with van der Waals surface area (Å²) in [5.41, 5.74) is -1.59. The Balaban J connectivity index is 2.74. The lowest BCUT2D eigenvalue weighted by Gasteiger charge is -2.23. The molecular weight excluding hydrogens is 187 g/mol. The van der Waals surface area contributed by atoms with Gasteiger partial charge in [0.05, 0.1) is 6.10 Å². The minimum Gasteiger partial charge on any atom is -0.432 e. The second-order valence-electron chi connectivity index (χ2n) is 3.96. The van der Waals surface area contributed by atoms with Gasteiger partial charge >= 0.3 is 5.97 Å². The highest BCUT2D eigenvalue weighted by molar-refractivity contribution is 5.66. The van der Waals surface area contributed by atoms with E-state index < -0.39 is 17.9 Å². The molecule has 0 aromatic rings. The summed E-state index contributed by atoms with van der Waals surface area (Å²) in [5.74, 6) is -0.764. The van der Waals surface area contributed by atoms with Crippen LogP contribution in [0.3, 0.4) is 0 Å². The number of alkyl halides is 1. The molecule has 0 saturated carbocycles. The number of hydrogen-bond donors (Lipinski definition) is 0. The highest BCUT2D eigenvalue weighted by atomic mass is 19.1. The van der Waals surface area contributed by atoms with Gasteiger partial charge in [-0.05, 0) is 13.3 Å². The lowest BCUT2D eigenvalue weighted by Crippen LogP contribution is -2.38. The van der Waals surface area contributed by atoms with Gasteiger partial charge in [0.2, 0.25) is 6.29 Å². The first-order valence-electron chi connectivity index (χ1n) is 4.91. The molecule has 0 spiro atoms. The maximum atomic E-state index is 14.1. The van der Waals surface area contributed by atoms with Gasteiger partial charge in [-0.1, -0.05) is 13.8 Å². The van der Waals surface area contributed by atoms with Gasteiger partial charge in [-0.15, -0.1) is 0 Å². The molecule has 3 nitrogen and oxygen atoms in total. The molecule has 0 N–H and O–H groups in total. The van der Waals surface area contributed by atoms with Crippen LogP contribution < -0.4 is 0 Å². The van der Waals surface area contributed by atoms with Gasteiger partial charge in [0.1, 0.15) is 0 Å². The third-order valence-corrected chi connectivity index (χ3v) is 2.88. The third-order valence-electron chi connectivity index (χ3n) is 2.88. The quantitative estimate of drug-likeness (QED) is 0.646. The topological polar surface area (TPSA) is 35.5 Å².